The summed E-state index contributed by atoms with van der Waals surface area (Å²) < 4.78 is 29.3. The van der Waals surface area contributed by atoms with Gasteiger partial charge >= 0.3 is 18.0 Å². The van der Waals surface area contributed by atoms with E-state index < -0.39 is 132 Å². The fraction of sp³-hybridized carbons (Fsp3) is 0.419. The van der Waals surface area contributed by atoms with Gasteiger partial charge in [-0.3, -0.25) is 28.9 Å². The van der Waals surface area contributed by atoms with Gasteiger partial charge in [0.2, 0.25) is 11.7 Å². The number of nitrogens with zero attached hydrogens (tertiary/aromatic N) is 1. The standard InChI is InChI=1S/C43H44N2O18/c1-19-40-25(45(18-61-40)42(57)60-17-21-8-6-20(7-9-21)12-29(48)44-24(41(55)56)10-11-30(49)50)13-31(62-19)63-27-15-43(58,28(47)16-46)14-23-33(27)39(54)35-34(37(23)52)36(51)22-4-3-5-26(59-2)32(22)38(35)53/h3-9,19,24-25,27,31,40,46,52,54,58H,10-18H2,1-2H3,(H,44,48)(H,49,50)(H,55,56)/t19-,24+,25-,27-,31-,40+,43-/m0/s1. The van der Waals surface area contributed by atoms with Crippen LogP contribution >= 0.6 is 0 Å². The maximum absolute atomic E-state index is 14.0. The number of amides is 2. The molecule has 0 spiro atoms. The van der Waals surface area contributed by atoms with Crippen molar-refractivity contribution in [3.63, 3.8) is 0 Å². The molecule has 0 saturated carbocycles. The molecular weight excluding hydrogens is 832 g/mol. The molecule has 0 unspecified atom stereocenters. The average molecular weight is 877 g/mol. The highest BCUT2D eigenvalue weighted by Crippen LogP contribution is 2.53. The van der Waals surface area contributed by atoms with Crippen LogP contribution in [-0.4, -0.2) is 133 Å². The summed E-state index contributed by atoms with van der Waals surface area (Å²) in [4.78, 5) is 90.4. The number of benzene rings is 3. The largest absolute Gasteiger partial charge is 0.507 e. The summed E-state index contributed by atoms with van der Waals surface area (Å²) in [5.74, 6) is -7.32. The highest BCUT2D eigenvalue weighted by molar-refractivity contribution is 6.31. The van der Waals surface area contributed by atoms with E-state index in [9.17, 15) is 59.1 Å². The van der Waals surface area contributed by atoms with Gasteiger partial charge in [-0.1, -0.05) is 36.4 Å². The molecule has 0 bridgehead atoms. The molecule has 2 aliphatic heterocycles. The summed E-state index contributed by atoms with van der Waals surface area (Å²) in [5, 5.41) is 65.4. The molecule has 20 heteroatoms. The van der Waals surface area contributed by atoms with Gasteiger partial charge in [0.05, 0.1) is 48.5 Å². The van der Waals surface area contributed by atoms with E-state index in [0.717, 1.165) is 0 Å². The highest BCUT2D eigenvalue weighted by atomic mass is 16.7. The van der Waals surface area contributed by atoms with Gasteiger partial charge in [0.15, 0.2) is 17.9 Å². The van der Waals surface area contributed by atoms with Crippen LogP contribution in [-0.2, 0) is 57.6 Å². The summed E-state index contributed by atoms with van der Waals surface area (Å²) in [6, 6.07) is 8.60. The lowest BCUT2D eigenvalue weighted by Crippen LogP contribution is -2.52. The van der Waals surface area contributed by atoms with Crippen LogP contribution in [0.15, 0.2) is 42.5 Å². The van der Waals surface area contributed by atoms with E-state index in [1.165, 1.54) is 30.2 Å². The molecule has 3 aromatic rings. The predicted octanol–water partition coefficient (Wildman–Crippen LogP) is 1.65. The summed E-state index contributed by atoms with van der Waals surface area (Å²) in [6.07, 6.45) is -7.02. The first kappa shape index (κ1) is 44.6. The molecule has 7 rings (SSSR count). The Balaban J connectivity index is 1.06. The van der Waals surface area contributed by atoms with Gasteiger partial charge in [0.25, 0.3) is 0 Å². The predicted molar refractivity (Wildman–Crippen MR) is 210 cm³/mol. The minimum atomic E-state index is -2.36. The quantitative estimate of drug-likeness (QED) is 0.0886. The molecule has 2 amide bonds. The summed E-state index contributed by atoms with van der Waals surface area (Å²) in [7, 11) is 1.30. The third-order valence-electron chi connectivity index (χ3n) is 11.8. The lowest BCUT2D eigenvalue weighted by Gasteiger charge is -2.42. The second-order valence-electron chi connectivity index (χ2n) is 15.7. The zero-order chi connectivity index (χ0) is 45.5. The second-order valence-corrected chi connectivity index (χ2v) is 15.7. The van der Waals surface area contributed by atoms with Crippen molar-refractivity contribution < 1.29 is 87.9 Å². The number of ether oxygens (including phenoxy) is 5. The molecule has 0 aromatic heterocycles. The van der Waals surface area contributed by atoms with Crippen LogP contribution in [0.5, 0.6) is 17.2 Å². The number of carboxylic acid groups (broad SMARTS) is 2. The lowest BCUT2D eigenvalue weighted by molar-refractivity contribution is -0.246. The van der Waals surface area contributed by atoms with Crippen LogP contribution in [0.3, 0.4) is 0 Å². The first-order valence-electron chi connectivity index (χ1n) is 19.9. The van der Waals surface area contributed by atoms with Gasteiger partial charge in [0.1, 0.15) is 54.9 Å². The van der Waals surface area contributed by atoms with Gasteiger partial charge in [-0.15, -0.1) is 0 Å². The number of phenols is 2. The van der Waals surface area contributed by atoms with Gasteiger partial charge in [0, 0.05) is 42.4 Å². The Hall–Kier alpha value is -6.45. The number of aromatic hydroxyl groups is 2. The number of hydrogen-bond donors (Lipinski definition) is 7. The number of phenolic OH excluding ortho intramolecular Hbond substituents is 2. The number of nitrogens with one attached hydrogen (secondary N) is 1. The normalized spacial score (nSPS) is 24.0. The van der Waals surface area contributed by atoms with E-state index >= 15 is 0 Å². The van der Waals surface area contributed by atoms with Gasteiger partial charge in [-0.25, -0.2) is 9.59 Å². The Labute approximate surface area is 357 Å². The van der Waals surface area contributed by atoms with Gasteiger partial charge in [-0.2, -0.15) is 0 Å². The molecule has 2 saturated heterocycles. The molecule has 63 heavy (non-hydrogen) atoms. The zero-order valence-corrected chi connectivity index (χ0v) is 33.9. The zero-order valence-electron chi connectivity index (χ0n) is 33.9. The van der Waals surface area contributed by atoms with Gasteiger partial charge in [-0.05, 0) is 30.5 Å². The van der Waals surface area contributed by atoms with E-state index in [-0.39, 0.29) is 60.6 Å². The van der Waals surface area contributed by atoms with Crippen molar-refractivity contribution in [3.8, 4) is 17.2 Å². The lowest BCUT2D eigenvalue weighted by atomic mass is 9.72. The summed E-state index contributed by atoms with van der Waals surface area (Å²) >= 11 is 0. The fourth-order valence-corrected chi connectivity index (χ4v) is 8.62. The molecule has 7 N–H and O–H groups in total. The molecule has 2 aliphatic carbocycles. The molecule has 3 aromatic carbocycles. The number of carbonyl (C=O) groups excluding carboxylic acids is 5. The number of hydrogen-bond acceptors (Lipinski definition) is 16. The molecule has 0 radical (unpaired) electrons. The number of aliphatic hydroxyl groups excluding tert-OH is 1. The Morgan fingerprint density at radius 2 is 1.67 bits per heavy atom. The topological polar surface area (TPSA) is 302 Å². The van der Waals surface area contributed by atoms with Crippen LogP contribution in [0, 0.1) is 0 Å². The number of carbonyl (C=O) groups is 7. The molecule has 334 valence electrons. The van der Waals surface area contributed by atoms with E-state index in [0.29, 0.717) is 11.1 Å². The van der Waals surface area contributed by atoms with Crippen LogP contribution in [0.25, 0.3) is 0 Å². The minimum absolute atomic E-state index is 0.0477. The molecule has 7 atom stereocenters. The number of fused-ring (bicyclic) bond motifs is 4. The van der Waals surface area contributed by atoms with Crippen LogP contribution in [0.1, 0.15) is 92.8 Å². The highest BCUT2D eigenvalue weighted by Gasteiger charge is 2.52. The Morgan fingerprint density at radius 1 is 0.968 bits per heavy atom. The van der Waals surface area contributed by atoms with Crippen molar-refractivity contribution in [2.75, 3.05) is 20.4 Å². The van der Waals surface area contributed by atoms with Crippen molar-refractivity contribution in [1.29, 1.82) is 0 Å². The smallest absolute Gasteiger partial charge is 0.412 e. The molecule has 2 fully saturated rings. The van der Waals surface area contributed by atoms with Crippen molar-refractivity contribution >= 4 is 41.3 Å². The third kappa shape index (κ3) is 8.54. The number of ketones is 3. The molecule has 20 nitrogen and oxygen atoms in total. The molecular formula is C43H44N2O18. The minimum Gasteiger partial charge on any atom is -0.507 e. The second kappa shape index (κ2) is 17.7. The maximum Gasteiger partial charge on any atom is 0.412 e. The molecule has 4 aliphatic rings. The average Bonchev–Trinajstić information content (AvgIpc) is 3.69. The number of methoxy groups -OCH3 is 1. The van der Waals surface area contributed by atoms with Crippen LogP contribution < -0.4 is 10.1 Å². The van der Waals surface area contributed by atoms with Crippen molar-refractivity contribution in [3.05, 3.63) is 87.0 Å². The number of aliphatic carboxylic acids is 2. The molecule has 2 heterocycles. The number of Topliss-reactive ketones (excluding diaryl/α,β-unsaturated/α-hetero) is 1. The van der Waals surface area contributed by atoms with Crippen LogP contribution in [0.2, 0.25) is 0 Å². The van der Waals surface area contributed by atoms with Crippen LogP contribution in [0.4, 0.5) is 4.79 Å². The maximum atomic E-state index is 14.0. The monoisotopic (exact) mass is 876 g/mol. The Bertz CT molecular complexity index is 2380. The van der Waals surface area contributed by atoms with E-state index in [1.54, 1.807) is 31.2 Å². The third-order valence-corrected chi connectivity index (χ3v) is 11.8. The van der Waals surface area contributed by atoms with Gasteiger partial charge < -0.3 is 59.6 Å². The first-order valence-corrected chi connectivity index (χ1v) is 19.9. The Kier molecular flexibility index (Phi) is 12.6. The van der Waals surface area contributed by atoms with Crippen molar-refractivity contribution in [2.24, 2.45) is 0 Å². The Morgan fingerprint density at radius 3 is 2.33 bits per heavy atom. The summed E-state index contributed by atoms with van der Waals surface area (Å²) in [5.41, 5.74) is -3.07. The SMILES string of the molecule is COc1cccc2c1C(=O)c1c(O)c3c(c(O)c1C2=O)C[C@@](O)(C(=O)CO)C[C@@H]3O[C@H]1C[C@H]2[C@H](OCN2C(=O)OCc2ccc(CC(=O)N[C@H](CCC(=O)O)C(=O)O)cc2)[C@H](C)O1. The number of carboxylic acids is 2. The van der Waals surface area contributed by atoms with Crippen molar-refractivity contribution in [1.82, 2.24) is 10.2 Å². The number of aliphatic hydroxyl groups is 2. The summed E-state index contributed by atoms with van der Waals surface area (Å²) in [6.45, 7) is 0.189. The van der Waals surface area contributed by atoms with E-state index in [1.807, 2.05) is 0 Å². The fourth-order valence-electron chi connectivity index (χ4n) is 8.62. The van der Waals surface area contributed by atoms with Crippen molar-refractivity contribution in [2.45, 2.75) is 94.3 Å². The van der Waals surface area contributed by atoms with E-state index in [2.05, 4.69) is 5.32 Å². The first-order chi connectivity index (χ1) is 30.0. The van der Waals surface area contributed by atoms with E-state index in [4.69, 9.17) is 28.8 Å². The number of rotatable bonds is 14.